The highest BCUT2D eigenvalue weighted by atomic mass is 19.1. The van der Waals surface area contributed by atoms with Crippen LogP contribution in [-0.4, -0.2) is 82.7 Å². The number of halogens is 1. The van der Waals surface area contributed by atoms with Crippen molar-refractivity contribution < 1.29 is 43.1 Å². The molecule has 338 valence electrons. The van der Waals surface area contributed by atoms with Gasteiger partial charge >= 0.3 is 5.97 Å². The van der Waals surface area contributed by atoms with Crippen molar-refractivity contribution in [3.05, 3.63) is 106 Å². The maximum Gasteiger partial charge on any atom is 0.303 e. The Kier molecular flexibility index (Phi) is 19.3. The number of amides is 6. The van der Waals surface area contributed by atoms with Gasteiger partial charge in [0.15, 0.2) is 0 Å². The number of primary amides is 1. The average Bonchev–Trinajstić information content (AvgIpc) is 3.63. The number of nitrogens with one attached hydrogen (secondary N) is 6. The van der Waals surface area contributed by atoms with E-state index in [0.717, 1.165) is 33.2 Å². The smallest absolute Gasteiger partial charge is 0.303 e. The molecule has 0 saturated carbocycles. The summed E-state index contributed by atoms with van der Waals surface area (Å²) in [6.07, 6.45) is 4.41. The van der Waals surface area contributed by atoms with Gasteiger partial charge in [-0.05, 0) is 106 Å². The molecular weight excluding hydrogens is 810 g/mol. The fraction of sp³-hybridized carbons (Fsp3) is 0.426. The standard InChI is InChI=1S/C47H60FN7O8/c1-29-24-30(2)43(31(3)25-29)47(63)51-23-10-8-16-37(44(49)60)53-40(56)17-5-4-9-22-50-45(61)38(19-21-42(58)59)55-46(62)39(27-33-28-52-36-15-7-6-14-35(33)36)54-41(57)20-18-32-12-11-13-34(48)26-32/h6-7,11-15,24-26,28,37-39,52H,4-5,8-10,16-23,27H2,1-3H3,(H2,49,60)(H,50,61)(H,51,63)(H,53,56)(H,54,57)(H,55,62)(H,58,59). The molecule has 6 amide bonds. The number of aromatic amines is 1. The summed E-state index contributed by atoms with van der Waals surface area (Å²) in [4.78, 5) is 92.4. The number of benzene rings is 3. The minimum atomic E-state index is -1.22. The van der Waals surface area contributed by atoms with Gasteiger partial charge in [-0.15, -0.1) is 0 Å². The quantitative estimate of drug-likeness (QED) is 0.0417. The molecule has 4 aromatic rings. The molecule has 9 N–H and O–H groups in total. The zero-order valence-corrected chi connectivity index (χ0v) is 36.2. The molecule has 0 aliphatic carbocycles. The molecule has 63 heavy (non-hydrogen) atoms. The third kappa shape index (κ3) is 16.3. The molecule has 0 radical (unpaired) electrons. The molecule has 0 saturated heterocycles. The van der Waals surface area contributed by atoms with Crippen LogP contribution in [0.15, 0.2) is 66.9 Å². The van der Waals surface area contributed by atoms with Gasteiger partial charge in [-0.25, -0.2) is 4.39 Å². The van der Waals surface area contributed by atoms with Crippen LogP contribution < -0.4 is 32.3 Å². The Morgan fingerprint density at radius 1 is 0.698 bits per heavy atom. The number of carbonyl (C=O) groups is 7. The predicted molar refractivity (Wildman–Crippen MR) is 237 cm³/mol. The average molecular weight is 870 g/mol. The SMILES string of the molecule is Cc1cc(C)c(C(=O)NCCCCC(NC(=O)CCCCCNC(=O)C(CCC(=O)O)NC(=O)C(Cc2c[nH]c3ccccc23)NC(=O)CCc2cccc(F)c2)C(N)=O)c(C)c1. The Labute approximate surface area is 366 Å². The topological polar surface area (TPSA) is 242 Å². The molecule has 0 aliphatic rings. The number of unbranched alkanes of at least 4 members (excludes halogenated alkanes) is 3. The van der Waals surface area contributed by atoms with Gasteiger partial charge in [-0.3, -0.25) is 33.6 Å². The summed E-state index contributed by atoms with van der Waals surface area (Å²) in [5.41, 5.74) is 11.3. The van der Waals surface area contributed by atoms with E-state index in [1.165, 1.54) is 12.1 Å². The molecule has 0 fully saturated rings. The monoisotopic (exact) mass is 869 g/mol. The van der Waals surface area contributed by atoms with Crippen LogP contribution in [0.25, 0.3) is 10.9 Å². The van der Waals surface area contributed by atoms with E-state index < -0.39 is 60.0 Å². The van der Waals surface area contributed by atoms with Gasteiger partial charge < -0.3 is 42.4 Å². The normalized spacial score (nSPS) is 12.4. The summed E-state index contributed by atoms with van der Waals surface area (Å²) < 4.78 is 13.7. The third-order valence-electron chi connectivity index (χ3n) is 10.7. The van der Waals surface area contributed by atoms with Crippen LogP contribution in [0.5, 0.6) is 0 Å². The summed E-state index contributed by atoms with van der Waals surface area (Å²) in [6, 6.07) is 14.0. The van der Waals surface area contributed by atoms with Crippen LogP contribution in [0.3, 0.4) is 0 Å². The lowest BCUT2D eigenvalue weighted by Crippen LogP contribution is -2.54. The number of aliphatic carboxylic acids is 1. The van der Waals surface area contributed by atoms with E-state index in [0.29, 0.717) is 56.2 Å². The van der Waals surface area contributed by atoms with Gasteiger partial charge in [0.1, 0.15) is 23.9 Å². The van der Waals surface area contributed by atoms with Gasteiger partial charge in [0.2, 0.25) is 29.5 Å². The minimum absolute atomic E-state index is 0.0330. The number of rotatable bonds is 26. The van der Waals surface area contributed by atoms with Crippen molar-refractivity contribution in [3.8, 4) is 0 Å². The number of hydrogen-bond acceptors (Lipinski definition) is 7. The number of para-hydroxylation sites is 1. The largest absolute Gasteiger partial charge is 0.481 e. The van der Waals surface area contributed by atoms with Crippen LogP contribution in [0.4, 0.5) is 4.39 Å². The van der Waals surface area contributed by atoms with Gasteiger partial charge in [0.25, 0.3) is 5.91 Å². The summed E-state index contributed by atoms with van der Waals surface area (Å²) in [5, 5.41) is 24.0. The zero-order valence-electron chi connectivity index (χ0n) is 36.2. The first-order valence-corrected chi connectivity index (χ1v) is 21.4. The second kappa shape index (κ2) is 24.8. The number of H-pyrrole nitrogens is 1. The first kappa shape index (κ1) is 49.1. The van der Waals surface area contributed by atoms with Gasteiger partial charge in [-0.1, -0.05) is 54.4 Å². The fourth-order valence-electron chi connectivity index (χ4n) is 7.53. The Morgan fingerprint density at radius 3 is 2.10 bits per heavy atom. The number of hydrogen-bond donors (Lipinski definition) is 8. The lowest BCUT2D eigenvalue weighted by atomic mass is 9.99. The number of nitrogens with two attached hydrogens (primary N) is 1. The van der Waals surface area contributed by atoms with Crippen LogP contribution in [-0.2, 0) is 41.6 Å². The van der Waals surface area contributed by atoms with Crippen molar-refractivity contribution in [2.75, 3.05) is 13.1 Å². The molecule has 0 spiro atoms. The van der Waals surface area contributed by atoms with Gasteiger partial charge in [0.05, 0.1) is 0 Å². The van der Waals surface area contributed by atoms with E-state index in [4.69, 9.17) is 5.73 Å². The first-order chi connectivity index (χ1) is 30.1. The van der Waals surface area contributed by atoms with Crippen LogP contribution in [0.1, 0.15) is 102 Å². The number of carboxylic acids is 1. The third-order valence-corrected chi connectivity index (χ3v) is 10.7. The number of carbonyl (C=O) groups excluding carboxylic acids is 6. The maximum atomic E-state index is 13.8. The van der Waals surface area contributed by atoms with E-state index in [2.05, 4.69) is 31.6 Å². The molecule has 3 unspecified atom stereocenters. The van der Waals surface area contributed by atoms with Crippen molar-refractivity contribution in [2.24, 2.45) is 5.73 Å². The molecule has 3 atom stereocenters. The number of aromatic nitrogens is 1. The first-order valence-electron chi connectivity index (χ1n) is 21.4. The van der Waals surface area contributed by atoms with Crippen molar-refractivity contribution in [1.29, 1.82) is 0 Å². The Morgan fingerprint density at radius 2 is 1.38 bits per heavy atom. The number of fused-ring (bicyclic) bond motifs is 1. The summed E-state index contributed by atoms with van der Waals surface area (Å²) in [6.45, 7) is 6.36. The van der Waals surface area contributed by atoms with E-state index in [1.54, 1.807) is 18.3 Å². The van der Waals surface area contributed by atoms with Crippen LogP contribution in [0, 0.1) is 26.6 Å². The minimum Gasteiger partial charge on any atom is -0.481 e. The molecule has 4 rings (SSSR count). The lowest BCUT2D eigenvalue weighted by molar-refractivity contribution is -0.138. The highest BCUT2D eigenvalue weighted by Crippen LogP contribution is 2.20. The second-order valence-electron chi connectivity index (χ2n) is 16.0. The van der Waals surface area contributed by atoms with Crippen molar-refractivity contribution in [1.82, 2.24) is 31.6 Å². The summed E-state index contributed by atoms with van der Waals surface area (Å²) >= 11 is 0. The highest BCUT2D eigenvalue weighted by Gasteiger charge is 2.28. The van der Waals surface area contributed by atoms with Crippen molar-refractivity contribution in [2.45, 2.75) is 116 Å². The van der Waals surface area contributed by atoms with E-state index in [9.17, 15) is 43.1 Å². The van der Waals surface area contributed by atoms with E-state index in [1.807, 2.05) is 57.2 Å². The Hall–Kier alpha value is -6.58. The number of carboxylic acid groups (broad SMARTS) is 1. The Bertz CT molecular complexity index is 2220. The van der Waals surface area contributed by atoms with Crippen molar-refractivity contribution in [3.63, 3.8) is 0 Å². The van der Waals surface area contributed by atoms with Crippen molar-refractivity contribution >= 4 is 52.3 Å². The molecular formula is C47H60FN7O8. The van der Waals surface area contributed by atoms with E-state index in [-0.39, 0.29) is 50.5 Å². The summed E-state index contributed by atoms with van der Waals surface area (Å²) in [7, 11) is 0. The Balaban J connectivity index is 1.23. The molecule has 15 nitrogen and oxygen atoms in total. The zero-order chi connectivity index (χ0) is 45.9. The van der Waals surface area contributed by atoms with E-state index >= 15 is 0 Å². The van der Waals surface area contributed by atoms with Crippen LogP contribution in [0.2, 0.25) is 0 Å². The fourth-order valence-corrected chi connectivity index (χ4v) is 7.53. The number of aryl methyl sites for hydroxylation is 4. The molecule has 16 heteroatoms. The molecule has 0 aliphatic heterocycles. The molecule has 0 bridgehead atoms. The molecule has 3 aromatic carbocycles. The highest BCUT2D eigenvalue weighted by molar-refractivity contribution is 5.97. The molecule has 1 aromatic heterocycles. The predicted octanol–water partition coefficient (Wildman–Crippen LogP) is 4.49. The second-order valence-corrected chi connectivity index (χ2v) is 16.0. The molecule has 1 heterocycles. The van der Waals surface area contributed by atoms with Gasteiger partial charge in [-0.2, -0.15) is 0 Å². The summed E-state index contributed by atoms with van der Waals surface area (Å²) in [5.74, 6) is -4.50. The maximum absolute atomic E-state index is 13.8. The van der Waals surface area contributed by atoms with Crippen LogP contribution >= 0.6 is 0 Å². The van der Waals surface area contributed by atoms with Gasteiger partial charge in [0, 0.05) is 61.4 Å². The lowest BCUT2D eigenvalue weighted by Gasteiger charge is -2.23.